The van der Waals surface area contributed by atoms with Crippen molar-refractivity contribution in [3.63, 3.8) is 0 Å². The molecule has 5 nitrogen and oxygen atoms in total. The first-order chi connectivity index (χ1) is 8.99. The third-order valence-electron chi connectivity index (χ3n) is 3.86. The Morgan fingerprint density at radius 3 is 2.79 bits per heavy atom. The molecule has 106 valence electrons. The van der Waals surface area contributed by atoms with Gasteiger partial charge in [0.05, 0.1) is 11.6 Å². The number of hydrogen-bond acceptors (Lipinski definition) is 4. The number of aromatic nitrogens is 1. The summed E-state index contributed by atoms with van der Waals surface area (Å²) < 4.78 is 5.20. The number of hydrogen-bond donors (Lipinski definition) is 0. The van der Waals surface area contributed by atoms with Crippen molar-refractivity contribution < 1.29 is 9.32 Å². The molecule has 1 aliphatic heterocycles. The van der Waals surface area contributed by atoms with E-state index in [1.54, 1.807) is 4.90 Å². The van der Waals surface area contributed by atoms with Crippen molar-refractivity contribution in [2.24, 2.45) is 5.92 Å². The van der Waals surface area contributed by atoms with Crippen LogP contribution in [-0.4, -0.2) is 48.0 Å². The molecule has 0 spiro atoms. The van der Waals surface area contributed by atoms with Crippen molar-refractivity contribution in [2.45, 2.75) is 33.2 Å². The van der Waals surface area contributed by atoms with Crippen molar-refractivity contribution >= 4 is 5.91 Å². The van der Waals surface area contributed by atoms with Crippen LogP contribution < -0.4 is 0 Å². The highest BCUT2D eigenvalue weighted by Crippen LogP contribution is 2.22. The summed E-state index contributed by atoms with van der Waals surface area (Å²) in [6.45, 7) is 6.63. The zero-order chi connectivity index (χ0) is 14.0. The number of carbonyl (C=O) groups is 1. The Morgan fingerprint density at radius 2 is 2.21 bits per heavy atom. The summed E-state index contributed by atoms with van der Waals surface area (Å²) in [4.78, 5) is 16.1. The lowest BCUT2D eigenvalue weighted by Crippen LogP contribution is -2.42. The van der Waals surface area contributed by atoms with Gasteiger partial charge in [0.15, 0.2) is 0 Å². The Hall–Kier alpha value is -1.36. The molecule has 2 heterocycles. The van der Waals surface area contributed by atoms with E-state index in [4.69, 9.17) is 4.52 Å². The normalized spacial score (nSPS) is 20.5. The van der Waals surface area contributed by atoms with E-state index in [2.05, 4.69) is 10.1 Å². The second-order valence-corrected chi connectivity index (χ2v) is 5.61. The van der Waals surface area contributed by atoms with Crippen LogP contribution in [0.5, 0.6) is 0 Å². The first-order valence-electron chi connectivity index (χ1n) is 6.84. The molecule has 1 atom stereocenters. The van der Waals surface area contributed by atoms with Crippen LogP contribution in [0.15, 0.2) is 4.52 Å². The quantitative estimate of drug-likeness (QED) is 0.833. The highest BCUT2D eigenvalue weighted by Gasteiger charge is 2.27. The lowest BCUT2D eigenvalue weighted by atomic mass is 9.96. The van der Waals surface area contributed by atoms with Crippen LogP contribution in [0.25, 0.3) is 0 Å². The maximum absolute atomic E-state index is 12.0. The standard InChI is InChI=1S/C14H23N3O2/c1-10-13(11(2)19-15-10)9-17-7-5-6-12(8-17)14(18)16(3)4/h12H,5-9H2,1-4H3. The van der Waals surface area contributed by atoms with Crippen molar-refractivity contribution in [1.29, 1.82) is 0 Å². The van der Waals surface area contributed by atoms with Gasteiger partial charge in [-0.1, -0.05) is 5.16 Å². The monoisotopic (exact) mass is 265 g/mol. The molecule has 0 saturated carbocycles. The minimum atomic E-state index is 0.129. The highest BCUT2D eigenvalue weighted by molar-refractivity contribution is 5.78. The first kappa shape index (κ1) is 14.1. The van der Waals surface area contributed by atoms with Gasteiger partial charge in [-0.05, 0) is 33.2 Å². The Morgan fingerprint density at radius 1 is 1.47 bits per heavy atom. The molecule has 1 unspecified atom stereocenters. The summed E-state index contributed by atoms with van der Waals surface area (Å²) in [5.74, 6) is 1.26. The third-order valence-corrected chi connectivity index (χ3v) is 3.86. The molecule has 0 bridgehead atoms. The average molecular weight is 265 g/mol. The van der Waals surface area contributed by atoms with Gasteiger partial charge in [0.25, 0.3) is 0 Å². The van der Waals surface area contributed by atoms with Crippen LogP contribution in [0, 0.1) is 19.8 Å². The lowest BCUT2D eigenvalue weighted by Gasteiger charge is -2.33. The van der Waals surface area contributed by atoms with Gasteiger partial charge in [-0.15, -0.1) is 0 Å². The van der Waals surface area contributed by atoms with E-state index < -0.39 is 0 Å². The minimum Gasteiger partial charge on any atom is -0.361 e. The summed E-state index contributed by atoms with van der Waals surface area (Å²) >= 11 is 0. The lowest BCUT2D eigenvalue weighted by molar-refractivity contribution is -0.134. The zero-order valence-electron chi connectivity index (χ0n) is 12.3. The van der Waals surface area contributed by atoms with Crippen LogP contribution in [0.1, 0.15) is 29.9 Å². The summed E-state index contributed by atoms with van der Waals surface area (Å²) in [6, 6.07) is 0. The van der Waals surface area contributed by atoms with Crippen LogP contribution in [0.4, 0.5) is 0 Å². The maximum Gasteiger partial charge on any atom is 0.226 e. The zero-order valence-corrected chi connectivity index (χ0v) is 12.3. The summed E-state index contributed by atoms with van der Waals surface area (Å²) in [6.07, 6.45) is 2.07. The minimum absolute atomic E-state index is 0.129. The van der Waals surface area contributed by atoms with Gasteiger partial charge in [-0.3, -0.25) is 9.69 Å². The van der Waals surface area contributed by atoms with Crippen LogP contribution in [-0.2, 0) is 11.3 Å². The Kier molecular flexibility index (Phi) is 4.24. The van der Waals surface area contributed by atoms with E-state index in [1.807, 2.05) is 27.9 Å². The Balaban J connectivity index is 2.00. The first-order valence-corrected chi connectivity index (χ1v) is 6.84. The Labute approximate surface area is 114 Å². The summed E-state index contributed by atoms with van der Waals surface area (Å²) in [5.41, 5.74) is 2.12. The third kappa shape index (κ3) is 3.15. The van der Waals surface area contributed by atoms with Gasteiger partial charge in [0.1, 0.15) is 5.76 Å². The fraction of sp³-hybridized carbons (Fsp3) is 0.714. The Bertz CT molecular complexity index is 434. The number of amides is 1. The van der Waals surface area contributed by atoms with Crippen molar-refractivity contribution in [2.75, 3.05) is 27.2 Å². The largest absolute Gasteiger partial charge is 0.361 e. The molecule has 0 N–H and O–H groups in total. The predicted molar refractivity (Wildman–Crippen MR) is 72.7 cm³/mol. The molecule has 1 amide bonds. The molecule has 0 aliphatic carbocycles. The van der Waals surface area contributed by atoms with E-state index >= 15 is 0 Å². The summed E-state index contributed by atoms with van der Waals surface area (Å²) in [7, 11) is 3.66. The van der Waals surface area contributed by atoms with E-state index in [1.165, 1.54) is 0 Å². The van der Waals surface area contributed by atoms with E-state index in [9.17, 15) is 4.79 Å². The van der Waals surface area contributed by atoms with Crippen LogP contribution in [0.2, 0.25) is 0 Å². The number of piperidine rings is 1. The smallest absolute Gasteiger partial charge is 0.226 e. The molecule has 0 radical (unpaired) electrons. The van der Waals surface area contributed by atoms with Gasteiger partial charge < -0.3 is 9.42 Å². The molecular weight excluding hydrogens is 242 g/mol. The number of rotatable bonds is 3. The van der Waals surface area contributed by atoms with Gasteiger partial charge >= 0.3 is 0 Å². The van der Waals surface area contributed by atoms with Gasteiger partial charge in [-0.2, -0.15) is 0 Å². The number of aryl methyl sites for hydroxylation is 2. The van der Waals surface area contributed by atoms with E-state index in [-0.39, 0.29) is 11.8 Å². The van der Waals surface area contributed by atoms with Gasteiger partial charge in [-0.25, -0.2) is 0 Å². The second kappa shape index (κ2) is 5.74. The summed E-state index contributed by atoms with van der Waals surface area (Å²) in [5, 5.41) is 3.99. The molecule has 1 saturated heterocycles. The topological polar surface area (TPSA) is 49.6 Å². The molecule has 0 aromatic carbocycles. The van der Waals surface area contributed by atoms with Gasteiger partial charge in [0, 0.05) is 32.7 Å². The average Bonchev–Trinajstić information content (AvgIpc) is 2.70. The SMILES string of the molecule is Cc1noc(C)c1CN1CCCC(C(=O)N(C)C)C1. The molecule has 2 rings (SSSR count). The number of nitrogens with zero attached hydrogens (tertiary/aromatic N) is 3. The number of likely N-dealkylation sites (tertiary alicyclic amines) is 1. The predicted octanol–water partition coefficient (Wildman–Crippen LogP) is 1.59. The van der Waals surface area contributed by atoms with Crippen LogP contribution in [0.3, 0.4) is 0 Å². The fourth-order valence-electron chi connectivity index (χ4n) is 2.72. The molecule has 1 aromatic heterocycles. The molecule has 1 aliphatic rings. The van der Waals surface area contributed by atoms with Gasteiger partial charge in [0.2, 0.25) is 5.91 Å². The maximum atomic E-state index is 12.0. The fourth-order valence-corrected chi connectivity index (χ4v) is 2.72. The number of carbonyl (C=O) groups excluding carboxylic acids is 1. The van der Waals surface area contributed by atoms with Crippen molar-refractivity contribution in [3.8, 4) is 0 Å². The van der Waals surface area contributed by atoms with Crippen molar-refractivity contribution in [1.82, 2.24) is 15.0 Å². The molecule has 1 fully saturated rings. The van der Waals surface area contributed by atoms with E-state index in [0.717, 1.165) is 49.5 Å². The molecule has 19 heavy (non-hydrogen) atoms. The second-order valence-electron chi connectivity index (χ2n) is 5.61. The molecule has 1 aromatic rings. The molecular formula is C14H23N3O2. The van der Waals surface area contributed by atoms with Crippen molar-refractivity contribution in [3.05, 3.63) is 17.0 Å². The highest BCUT2D eigenvalue weighted by atomic mass is 16.5. The molecule has 5 heteroatoms. The van der Waals surface area contributed by atoms with Crippen LogP contribution >= 0.6 is 0 Å². The van der Waals surface area contributed by atoms with E-state index in [0.29, 0.717) is 0 Å².